The topological polar surface area (TPSA) is 41.6 Å². The van der Waals surface area contributed by atoms with E-state index in [1.807, 2.05) is 32.7 Å². The van der Waals surface area contributed by atoms with Gasteiger partial charge in [0.1, 0.15) is 5.60 Å². The molecule has 0 spiro atoms. The van der Waals surface area contributed by atoms with E-state index in [1.165, 1.54) is 0 Å². The van der Waals surface area contributed by atoms with Gasteiger partial charge in [-0.05, 0) is 40.7 Å². The van der Waals surface area contributed by atoms with Crippen molar-refractivity contribution in [2.24, 2.45) is 0 Å². The summed E-state index contributed by atoms with van der Waals surface area (Å²) in [6.07, 6.45) is 1.91. The van der Waals surface area contributed by atoms with Crippen LogP contribution in [-0.4, -0.2) is 42.3 Å². The number of carbonyl (C=O) groups excluding carboxylic acids is 1. The largest absolute Gasteiger partial charge is 0.444 e. The molecule has 1 saturated heterocycles. The van der Waals surface area contributed by atoms with E-state index in [-0.39, 0.29) is 6.09 Å². The molecular weight excluding hydrogens is 204 g/mol. The number of nitrogens with one attached hydrogen (secondary N) is 1. The zero-order valence-corrected chi connectivity index (χ0v) is 11.0. The van der Waals surface area contributed by atoms with Crippen molar-refractivity contribution in [3.05, 3.63) is 0 Å². The first-order chi connectivity index (χ1) is 7.39. The van der Waals surface area contributed by atoms with Crippen LogP contribution >= 0.6 is 0 Å². The number of likely N-dealkylation sites (N-methyl/N-ethyl adjacent to an activating group) is 1. The van der Waals surface area contributed by atoms with Gasteiger partial charge in [-0.2, -0.15) is 0 Å². The van der Waals surface area contributed by atoms with E-state index in [4.69, 9.17) is 4.74 Å². The Morgan fingerprint density at radius 3 is 2.50 bits per heavy atom. The molecule has 2 unspecified atom stereocenters. The summed E-state index contributed by atoms with van der Waals surface area (Å²) in [6.45, 7) is 8.64. The Kier molecular flexibility index (Phi) is 4.19. The first-order valence-electron chi connectivity index (χ1n) is 6.06. The van der Waals surface area contributed by atoms with Crippen LogP contribution in [-0.2, 0) is 4.74 Å². The smallest absolute Gasteiger partial charge is 0.410 e. The Bertz CT molecular complexity index is 244. The van der Waals surface area contributed by atoms with E-state index in [0.29, 0.717) is 12.1 Å². The van der Waals surface area contributed by atoms with Gasteiger partial charge in [0, 0.05) is 12.6 Å². The van der Waals surface area contributed by atoms with Crippen molar-refractivity contribution in [2.45, 2.75) is 58.2 Å². The molecule has 1 amide bonds. The highest BCUT2D eigenvalue weighted by Gasteiger charge is 2.38. The Hall–Kier alpha value is -0.770. The molecule has 0 bridgehead atoms. The predicted molar refractivity (Wildman–Crippen MR) is 64.5 cm³/mol. The molecule has 0 aliphatic carbocycles. The van der Waals surface area contributed by atoms with Crippen LogP contribution in [0.4, 0.5) is 4.79 Å². The van der Waals surface area contributed by atoms with Crippen LogP contribution in [0.5, 0.6) is 0 Å². The van der Waals surface area contributed by atoms with Crippen LogP contribution in [0.2, 0.25) is 0 Å². The second kappa shape index (κ2) is 5.04. The van der Waals surface area contributed by atoms with Crippen LogP contribution in [0, 0.1) is 0 Å². The third kappa shape index (κ3) is 3.11. The molecule has 16 heavy (non-hydrogen) atoms. The van der Waals surface area contributed by atoms with Crippen molar-refractivity contribution in [1.29, 1.82) is 0 Å². The Labute approximate surface area is 98.3 Å². The summed E-state index contributed by atoms with van der Waals surface area (Å²) in [5.41, 5.74) is -0.404. The zero-order valence-electron chi connectivity index (χ0n) is 11.0. The molecule has 1 rings (SSSR count). The number of hydrogen-bond donors (Lipinski definition) is 1. The van der Waals surface area contributed by atoms with Gasteiger partial charge in [-0.1, -0.05) is 6.92 Å². The van der Waals surface area contributed by atoms with E-state index in [2.05, 4.69) is 12.2 Å². The molecule has 1 N–H and O–H groups in total. The van der Waals surface area contributed by atoms with E-state index in [1.54, 1.807) is 0 Å². The summed E-state index contributed by atoms with van der Waals surface area (Å²) in [5, 5.41) is 3.25. The Morgan fingerprint density at radius 2 is 2.19 bits per heavy atom. The lowest BCUT2D eigenvalue weighted by molar-refractivity contribution is -0.0125. The van der Waals surface area contributed by atoms with Crippen LogP contribution in [0.1, 0.15) is 40.5 Å². The fourth-order valence-corrected chi connectivity index (χ4v) is 2.04. The summed E-state index contributed by atoms with van der Waals surface area (Å²) < 4.78 is 5.37. The molecule has 94 valence electrons. The molecule has 1 heterocycles. The predicted octanol–water partition coefficient (Wildman–Crippen LogP) is 1.99. The molecule has 2 atom stereocenters. The molecular formula is C12H24N2O2. The second-order valence-corrected chi connectivity index (χ2v) is 5.33. The first kappa shape index (κ1) is 13.3. The van der Waals surface area contributed by atoms with Crippen LogP contribution in [0.25, 0.3) is 0 Å². The second-order valence-electron chi connectivity index (χ2n) is 5.33. The molecule has 1 fully saturated rings. The summed E-state index contributed by atoms with van der Waals surface area (Å²) >= 11 is 0. The molecule has 0 radical (unpaired) electrons. The van der Waals surface area contributed by atoms with E-state index < -0.39 is 5.60 Å². The standard InChI is InChI=1S/C12H24N2O2/c1-6-9(13-5)10-7-8-14(10)11(15)16-12(2,3)4/h9-10,13H,6-8H2,1-5H3. The van der Waals surface area contributed by atoms with Crippen molar-refractivity contribution in [1.82, 2.24) is 10.2 Å². The van der Waals surface area contributed by atoms with Crippen LogP contribution in [0.3, 0.4) is 0 Å². The summed E-state index contributed by atoms with van der Waals surface area (Å²) in [7, 11) is 1.94. The van der Waals surface area contributed by atoms with Gasteiger partial charge in [-0.3, -0.25) is 0 Å². The molecule has 0 saturated carbocycles. The highest BCUT2D eigenvalue weighted by Crippen LogP contribution is 2.24. The number of hydrogen-bond acceptors (Lipinski definition) is 3. The van der Waals surface area contributed by atoms with Gasteiger partial charge in [0.25, 0.3) is 0 Å². The average molecular weight is 228 g/mol. The lowest BCUT2D eigenvalue weighted by Crippen LogP contribution is -2.60. The van der Waals surface area contributed by atoms with E-state index in [9.17, 15) is 4.79 Å². The fraction of sp³-hybridized carbons (Fsp3) is 0.917. The monoisotopic (exact) mass is 228 g/mol. The van der Waals surface area contributed by atoms with Gasteiger partial charge in [0.2, 0.25) is 0 Å². The van der Waals surface area contributed by atoms with E-state index >= 15 is 0 Å². The lowest BCUT2D eigenvalue weighted by Gasteiger charge is -2.45. The third-order valence-electron chi connectivity index (χ3n) is 2.97. The van der Waals surface area contributed by atoms with Gasteiger partial charge in [0.15, 0.2) is 0 Å². The molecule has 4 heteroatoms. The first-order valence-corrected chi connectivity index (χ1v) is 6.06. The fourth-order valence-electron chi connectivity index (χ4n) is 2.04. The van der Waals surface area contributed by atoms with Gasteiger partial charge in [-0.15, -0.1) is 0 Å². The van der Waals surface area contributed by atoms with Gasteiger partial charge >= 0.3 is 6.09 Å². The Balaban J connectivity index is 2.52. The number of rotatable bonds is 3. The number of likely N-dealkylation sites (tertiary alicyclic amines) is 1. The molecule has 1 aliphatic heterocycles. The minimum atomic E-state index is -0.404. The van der Waals surface area contributed by atoms with Crippen LogP contribution < -0.4 is 5.32 Å². The quantitative estimate of drug-likeness (QED) is 0.803. The van der Waals surface area contributed by atoms with Crippen molar-refractivity contribution >= 4 is 6.09 Å². The number of ether oxygens (including phenoxy) is 1. The maximum absolute atomic E-state index is 11.9. The van der Waals surface area contributed by atoms with Crippen molar-refractivity contribution < 1.29 is 9.53 Å². The van der Waals surface area contributed by atoms with Crippen molar-refractivity contribution in [3.63, 3.8) is 0 Å². The molecule has 0 aromatic rings. The van der Waals surface area contributed by atoms with Crippen molar-refractivity contribution in [3.8, 4) is 0 Å². The summed E-state index contributed by atoms with van der Waals surface area (Å²) in [6, 6.07) is 0.672. The maximum atomic E-state index is 11.9. The molecule has 4 nitrogen and oxygen atoms in total. The number of amides is 1. The lowest BCUT2D eigenvalue weighted by atomic mass is 9.94. The van der Waals surface area contributed by atoms with E-state index in [0.717, 1.165) is 19.4 Å². The highest BCUT2D eigenvalue weighted by molar-refractivity contribution is 5.69. The van der Waals surface area contributed by atoms with Gasteiger partial charge in [-0.25, -0.2) is 4.79 Å². The van der Waals surface area contributed by atoms with Crippen molar-refractivity contribution in [2.75, 3.05) is 13.6 Å². The third-order valence-corrected chi connectivity index (χ3v) is 2.97. The van der Waals surface area contributed by atoms with Gasteiger partial charge < -0.3 is 15.0 Å². The summed E-state index contributed by atoms with van der Waals surface area (Å²) in [5.74, 6) is 0. The average Bonchev–Trinajstić information content (AvgIpc) is 2.08. The molecule has 0 aromatic heterocycles. The van der Waals surface area contributed by atoms with Crippen LogP contribution in [0.15, 0.2) is 0 Å². The molecule has 1 aliphatic rings. The normalized spacial score (nSPS) is 22.6. The summed E-state index contributed by atoms with van der Waals surface area (Å²) in [4.78, 5) is 13.7. The minimum Gasteiger partial charge on any atom is -0.444 e. The highest BCUT2D eigenvalue weighted by atomic mass is 16.6. The Morgan fingerprint density at radius 1 is 1.56 bits per heavy atom. The minimum absolute atomic E-state index is 0.183. The maximum Gasteiger partial charge on any atom is 0.410 e. The molecule has 0 aromatic carbocycles. The SMILES string of the molecule is CCC(NC)C1CCN1C(=O)OC(C)(C)C. The van der Waals surface area contributed by atoms with Gasteiger partial charge in [0.05, 0.1) is 6.04 Å². The number of carbonyl (C=O) groups is 1. The zero-order chi connectivity index (χ0) is 12.3. The number of nitrogens with zero attached hydrogens (tertiary/aromatic N) is 1.